The van der Waals surface area contributed by atoms with Crippen LogP contribution in [0.1, 0.15) is 25.0 Å². The lowest BCUT2D eigenvalue weighted by molar-refractivity contribution is -0.133. The minimum Gasteiger partial charge on any atom is -0.385 e. The molecule has 31 heavy (non-hydrogen) atoms. The van der Waals surface area contributed by atoms with Crippen molar-refractivity contribution in [2.45, 2.75) is 31.8 Å². The van der Waals surface area contributed by atoms with Crippen molar-refractivity contribution in [3.05, 3.63) is 53.1 Å². The highest BCUT2D eigenvalue weighted by Crippen LogP contribution is 2.29. The minimum absolute atomic E-state index is 0.0502. The van der Waals surface area contributed by atoms with E-state index in [-0.39, 0.29) is 23.5 Å². The number of anilines is 1. The lowest BCUT2D eigenvalue weighted by Crippen LogP contribution is -2.45. The Morgan fingerprint density at radius 2 is 2.10 bits per heavy atom. The highest BCUT2D eigenvalue weighted by atomic mass is 35.5. The molecule has 1 saturated carbocycles. The van der Waals surface area contributed by atoms with E-state index >= 15 is 0 Å². The first-order valence-electron chi connectivity index (χ1n) is 10.3. The normalized spacial score (nSPS) is 13.2. The standard InChI is InChI=1S/C22H28ClFN4O3/c1-26-10-3-5-18(26)14-28(17-7-8-17)21(29)15-27(11-4-12-31-2)22(30)25-16-6-9-20(24)19(23)13-16/h3,5-6,9-10,13,17H,4,7-8,11-12,14-15H2,1-2H3,(H,25,30). The predicted molar refractivity (Wildman–Crippen MR) is 117 cm³/mol. The third-order valence-corrected chi connectivity index (χ3v) is 5.54. The Bertz CT molecular complexity index is 916. The summed E-state index contributed by atoms with van der Waals surface area (Å²) >= 11 is 5.81. The Labute approximate surface area is 186 Å². The second-order valence-corrected chi connectivity index (χ2v) is 8.10. The number of methoxy groups -OCH3 is 1. The molecule has 3 rings (SSSR count). The summed E-state index contributed by atoms with van der Waals surface area (Å²) in [7, 11) is 3.54. The van der Waals surface area contributed by atoms with Gasteiger partial charge in [0.05, 0.1) is 11.6 Å². The van der Waals surface area contributed by atoms with Crippen LogP contribution in [0, 0.1) is 5.82 Å². The third kappa shape index (κ3) is 6.45. The molecule has 1 aromatic carbocycles. The van der Waals surface area contributed by atoms with Gasteiger partial charge in [0.2, 0.25) is 5.91 Å². The van der Waals surface area contributed by atoms with Crippen molar-refractivity contribution in [3.8, 4) is 0 Å². The average molecular weight is 451 g/mol. The first-order valence-corrected chi connectivity index (χ1v) is 10.7. The number of nitrogens with one attached hydrogen (secondary N) is 1. The number of rotatable bonds is 10. The van der Waals surface area contributed by atoms with Crippen LogP contribution in [0.2, 0.25) is 5.02 Å². The lowest BCUT2D eigenvalue weighted by Gasteiger charge is -2.28. The molecule has 1 N–H and O–H groups in total. The molecule has 0 unspecified atom stereocenters. The van der Waals surface area contributed by atoms with Crippen LogP contribution in [-0.2, 0) is 23.1 Å². The fraction of sp³-hybridized carbons (Fsp3) is 0.455. The number of aromatic nitrogens is 1. The highest BCUT2D eigenvalue weighted by molar-refractivity contribution is 6.31. The summed E-state index contributed by atoms with van der Waals surface area (Å²) in [4.78, 5) is 29.3. The van der Waals surface area contributed by atoms with Gasteiger partial charge in [0.1, 0.15) is 12.4 Å². The van der Waals surface area contributed by atoms with Crippen LogP contribution in [-0.4, -0.2) is 59.2 Å². The summed E-state index contributed by atoms with van der Waals surface area (Å²) in [6.45, 7) is 1.28. The molecule has 0 saturated heterocycles. The van der Waals surface area contributed by atoms with E-state index < -0.39 is 11.8 Å². The van der Waals surface area contributed by atoms with Gasteiger partial charge in [0.15, 0.2) is 0 Å². The van der Waals surface area contributed by atoms with Crippen molar-refractivity contribution in [1.82, 2.24) is 14.4 Å². The third-order valence-electron chi connectivity index (χ3n) is 5.25. The molecule has 0 atom stereocenters. The molecule has 2 aromatic rings. The van der Waals surface area contributed by atoms with Crippen molar-refractivity contribution in [2.75, 3.05) is 32.1 Å². The van der Waals surface area contributed by atoms with Crippen molar-refractivity contribution in [1.29, 1.82) is 0 Å². The number of carbonyl (C=O) groups is 2. The summed E-state index contributed by atoms with van der Waals surface area (Å²) in [5.41, 5.74) is 1.40. The fourth-order valence-electron chi connectivity index (χ4n) is 3.33. The number of carbonyl (C=O) groups excluding carboxylic acids is 2. The Morgan fingerprint density at radius 1 is 1.32 bits per heavy atom. The van der Waals surface area contributed by atoms with Gasteiger partial charge < -0.3 is 24.4 Å². The molecule has 1 aliphatic rings. The average Bonchev–Trinajstić information content (AvgIpc) is 3.50. The molecule has 1 aromatic heterocycles. The zero-order valence-corrected chi connectivity index (χ0v) is 18.6. The first kappa shape index (κ1) is 23.1. The summed E-state index contributed by atoms with van der Waals surface area (Å²) < 4.78 is 20.5. The Hall–Kier alpha value is -2.58. The quantitative estimate of drug-likeness (QED) is 0.558. The molecule has 1 heterocycles. The van der Waals surface area contributed by atoms with Gasteiger partial charge in [-0.3, -0.25) is 4.79 Å². The molecular weight excluding hydrogens is 423 g/mol. The maximum absolute atomic E-state index is 13.4. The largest absolute Gasteiger partial charge is 0.385 e. The molecule has 0 aliphatic heterocycles. The van der Waals surface area contributed by atoms with Crippen molar-refractivity contribution >= 4 is 29.2 Å². The number of hydrogen-bond acceptors (Lipinski definition) is 3. The smallest absolute Gasteiger partial charge is 0.322 e. The van der Waals surface area contributed by atoms with Crippen LogP contribution in [0.4, 0.5) is 14.9 Å². The zero-order valence-electron chi connectivity index (χ0n) is 17.8. The van der Waals surface area contributed by atoms with E-state index in [4.69, 9.17) is 16.3 Å². The fourth-order valence-corrected chi connectivity index (χ4v) is 3.51. The summed E-state index contributed by atoms with van der Waals surface area (Å²) in [6, 6.07) is 7.67. The number of benzene rings is 1. The van der Waals surface area contributed by atoms with Crippen molar-refractivity contribution in [3.63, 3.8) is 0 Å². The molecule has 0 spiro atoms. The lowest BCUT2D eigenvalue weighted by atomic mass is 10.3. The van der Waals surface area contributed by atoms with E-state index in [9.17, 15) is 14.0 Å². The van der Waals surface area contributed by atoms with Crippen LogP contribution < -0.4 is 5.32 Å². The number of amides is 3. The maximum Gasteiger partial charge on any atom is 0.322 e. The van der Waals surface area contributed by atoms with Crippen LogP contribution in [0.5, 0.6) is 0 Å². The maximum atomic E-state index is 13.4. The second-order valence-electron chi connectivity index (χ2n) is 7.69. The molecular formula is C22H28ClFN4O3. The van der Waals surface area contributed by atoms with E-state index in [1.807, 2.05) is 34.8 Å². The Kier molecular flexibility index (Phi) is 7.92. The van der Waals surface area contributed by atoms with Crippen LogP contribution in [0.15, 0.2) is 36.5 Å². The van der Waals surface area contributed by atoms with Crippen LogP contribution in [0.25, 0.3) is 0 Å². The van der Waals surface area contributed by atoms with Gasteiger partial charge in [-0.15, -0.1) is 0 Å². The summed E-state index contributed by atoms with van der Waals surface area (Å²) in [6.07, 6.45) is 4.48. The Balaban J connectivity index is 1.69. The number of hydrogen-bond donors (Lipinski definition) is 1. The number of halogens is 2. The van der Waals surface area contributed by atoms with Gasteiger partial charge in [-0.2, -0.15) is 0 Å². The number of ether oxygens (including phenoxy) is 1. The monoisotopic (exact) mass is 450 g/mol. The molecule has 1 aliphatic carbocycles. The molecule has 0 bridgehead atoms. The van der Waals surface area contributed by atoms with Gasteiger partial charge in [-0.25, -0.2) is 9.18 Å². The van der Waals surface area contributed by atoms with Gasteiger partial charge in [0.25, 0.3) is 0 Å². The number of urea groups is 1. The van der Waals surface area contributed by atoms with E-state index in [1.54, 1.807) is 7.11 Å². The van der Waals surface area contributed by atoms with Crippen LogP contribution in [0.3, 0.4) is 0 Å². The van der Waals surface area contributed by atoms with E-state index in [0.717, 1.165) is 18.5 Å². The molecule has 168 valence electrons. The van der Waals surface area contributed by atoms with E-state index in [1.165, 1.54) is 23.1 Å². The van der Waals surface area contributed by atoms with Gasteiger partial charge in [0, 0.05) is 50.9 Å². The molecule has 9 heteroatoms. The molecule has 7 nitrogen and oxygen atoms in total. The number of aryl methyl sites for hydroxylation is 1. The van der Waals surface area contributed by atoms with Gasteiger partial charge in [-0.05, 0) is 49.6 Å². The second kappa shape index (κ2) is 10.6. The molecule has 1 fully saturated rings. The summed E-state index contributed by atoms with van der Waals surface area (Å²) in [5, 5.41) is 2.62. The zero-order chi connectivity index (χ0) is 22.4. The SMILES string of the molecule is COCCCN(CC(=O)N(Cc1cccn1C)C1CC1)C(=O)Nc1ccc(F)c(Cl)c1. The summed E-state index contributed by atoms with van der Waals surface area (Å²) in [5.74, 6) is -0.666. The predicted octanol–water partition coefficient (Wildman–Crippen LogP) is 3.88. The number of nitrogens with zero attached hydrogens (tertiary/aromatic N) is 3. The Morgan fingerprint density at radius 3 is 2.71 bits per heavy atom. The topological polar surface area (TPSA) is 66.8 Å². The molecule has 3 amide bonds. The van der Waals surface area contributed by atoms with E-state index in [0.29, 0.717) is 31.8 Å². The molecule has 0 radical (unpaired) electrons. The van der Waals surface area contributed by atoms with Crippen molar-refractivity contribution < 1.29 is 18.7 Å². The van der Waals surface area contributed by atoms with Gasteiger partial charge >= 0.3 is 6.03 Å². The first-order chi connectivity index (χ1) is 14.9. The van der Waals surface area contributed by atoms with Gasteiger partial charge in [-0.1, -0.05) is 11.6 Å². The minimum atomic E-state index is -0.562. The van der Waals surface area contributed by atoms with E-state index in [2.05, 4.69) is 5.32 Å². The van der Waals surface area contributed by atoms with Crippen molar-refractivity contribution in [2.24, 2.45) is 7.05 Å². The van der Waals surface area contributed by atoms with Crippen LogP contribution >= 0.6 is 11.6 Å². The highest BCUT2D eigenvalue weighted by Gasteiger charge is 2.34.